The Morgan fingerprint density at radius 2 is 1.73 bits per heavy atom. The zero-order valence-electron chi connectivity index (χ0n) is 17.3. The average Bonchev–Trinajstić information content (AvgIpc) is 3.07. The predicted molar refractivity (Wildman–Crippen MR) is 120 cm³/mol. The summed E-state index contributed by atoms with van der Waals surface area (Å²) in [5, 5.41) is 1.13. The van der Waals surface area contributed by atoms with Gasteiger partial charge in [-0.05, 0) is 50.1 Å². The summed E-state index contributed by atoms with van der Waals surface area (Å²) in [6, 6.07) is 15.4. The highest BCUT2D eigenvalue weighted by Gasteiger charge is 2.50. The SMILES string of the molecule is CC(C)(C)N1CC(=O)N2[C@@H](c3ccc(Br)cc3)c3[nH]c4ccccc4c3C[C@H]2C1=O. The Labute approximate surface area is 184 Å². The Bertz CT molecular complexity index is 1160. The number of aromatic nitrogens is 1. The summed E-state index contributed by atoms with van der Waals surface area (Å²) in [5.74, 6) is 0.0203. The van der Waals surface area contributed by atoms with E-state index in [1.165, 1.54) is 0 Å². The van der Waals surface area contributed by atoms with Crippen LogP contribution in [0.2, 0.25) is 0 Å². The van der Waals surface area contributed by atoms with Crippen LogP contribution < -0.4 is 0 Å². The van der Waals surface area contributed by atoms with E-state index < -0.39 is 11.6 Å². The average molecular weight is 466 g/mol. The molecule has 0 spiro atoms. The van der Waals surface area contributed by atoms with Crippen molar-refractivity contribution in [2.45, 2.75) is 44.8 Å². The number of carbonyl (C=O) groups excluding carboxylic acids is 2. The number of rotatable bonds is 1. The number of amides is 2. The lowest BCUT2D eigenvalue weighted by Crippen LogP contribution is -2.66. The van der Waals surface area contributed by atoms with Crippen molar-refractivity contribution in [3.05, 3.63) is 69.8 Å². The number of halogens is 1. The highest BCUT2D eigenvalue weighted by Crippen LogP contribution is 2.43. The molecule has 2 aliphatic rings. The molecule has 1 N–H and O–H groups in total. The van der Waals surface area contributed by atoms with Gasteiger partial charge in [0, 0.05) is 33.0 Å². The molecule has 3 aromatic rings. The lowest BCUT2D eigenvalue weighted by molar-refractivity contribution is -0.163. The highest BCUT2D eigenvalue weighted by atomic mass is 79.9. The van der Waals surface area contributed by atoms with Crippen molar-refractivity contribution < 1.29 is 9.59 Å². The van der Waals surface area contributed by atoms with Gasteiger partial charge >= 0.3 is 0 Å². The molecule has 30 heavy (non-hydrogen) atoms. The third kappa shape index (κ3) is 2.88. The number of nitrogens with one attached hydrogen (secondary N) is 1. The lowest BCUT2D eigenvalue weighted by Gasteiger charge is -2.50. The number of benzene rings is 2. The third-order valence-electron chi connectivity index (χ3n) is 6.26. The first-order valence-corrected chi connectivity index (χ1v) is 11.0. The van der Waals surface area contributed by atoms with Crippen LogP contribution in [0.5, 0.6) is 0 Å². The smallest absolute Gasteiger partial charge is 0.246 e. The van der Waals surface area contributed by atoms with Gasteiger partial charge in [0.2, 0.25) is 11.8 Å². The van der Waals surface area contributed by atoms with Crippen LogP contribution in [-0.2, 0) is 16.0 Å². The van der Waals surface area contributed by atoms with Crippen molar-refractivity contribution in [1.82, 2.24) is 14.8 Å². The first-order chi connectivity index (χ1) is 14.3. The van der Waals surface area contributed by atoms with E-state index in [2.05, 4.69) is 33.0 Å². The fraction of sp³-hybridized carbons (Fsp3) is 0.333. The molecule has 1 saturated heterocycles. The monoisotopic (exact) mass is 465 g/mol. The number of para-hydroxylation sites is 1. The van der Waals surface area contributed by atoms with Gasteiger partial charge in [-0.1, -0.05) is 46.3 Å². The van der Waals surface area contributed by atoms with Crippen LogP contribution in [0, 0.1) is 0 Å². The molecule has 2 atom stereocenters. The number of hydrogen-bond acceptors (Lipinski definition) is 2. The van der Waals surface area contributed by atoms with E-state index in [0.29, 0.717) is 6.42 Å². The molecular formula is C24H24BrN3O2. The molecule has 0 saturated carbocycles. The Hall–Kier alpha value is -2.60. The zero-order valence-corrected chi connectivity index (χ0v) is 18.9. The number of H-pyrrole nitrogens is 1. The number of aromatic amines is 1. The number of carbonyl (C=O) groups is 2. The Balaban J connectivity index is 1.72. The summed E-state index contributed by atoms with van der Waals surface area (Å²) >= 11 is 3.50. The van der Waals surface area contributed by atoms with E-state index in [4.69, 9.17) is 0 Å². The number of piperazine rings is 1. The van der Waals surface area contributed by atoms with Crippen LogP contribution in [0.15, 0.2) is 53.0 Å². The van der Waals surface area contributed by atoms with E-state index >= 15 is 0 Å². The number of hydrogen-bond donors (Lipinski definition) is 1. The summed E-state index contributed by atoms with van der Waals surface area (Å²) < 4.78 is 0.982. The van der Waals surface area contributed by atoms with Crippen LogP contribution in [-0.4, -0.2) is 44.7 Å². The second kappa shape index (κ2) is 6.71. The maximum Gasteiger partial charge on any atom is 0.246 e. The molecule has 154 valence electrons. The van der Waals surface area contributed by atoms with E-state index in [0.717, 1.165) is 32.2 Å². The molecule has 2 amide bonds. The van der Waals surface area contributed by atoms with Crippen molar-refractivity contribution in [1.29, 1.82) is 0 Å². The fourth-order valence-electron chi connectivity index (χ4n) is 4.82. The van der Waals surface area contributed by atoms with Crippen LogP contribution in [0.1, 0.15) is 43.6 Å². The summed E-state index contributed by atoms with van der Waals surface area (Å²) in [5.41, 5.74) is 3.79. The maximum atomic E-state index is 13.6. The maximum absolute atomic E-state index is 13.6. The topological polar surface area (TPSA) is 56.4 Å². The summed E-state index contributed by atoms with van der Waals surface area (Å²) in [6.45, 7) is 6.07. The molecule has 1 fully saturated rings. The molecule has 0 unspecified atom stereocenters. The largest absolute Gasteiger partial charge is 0.356 e. The molecule has 0 radical (unpaired) electrons. The van der Waals surface area contributed by atoms with Crippen molar-refractivity contribution in [3.63, 3.8) is 0 Å². The number of nitrogens with zero attached hydrogens (tertiary/aromatic N) is 2. The lowest BCUT2D eigenvalue weighted by atomic mass is 9.85. The molecule has 1 aromatic heterocycles. The minimum Gasteiger partial charge on any atom is -0.356 e. The van der Waals surface area contributed by atoms with Crippen LogP contribution in [0.25, 0.3) is 10.9 Å². The van der Waals surface area contributed by atoms with Crippen molar-refractivity contribution in [3.8, 4) is 0 Å². The van der Waals surface area contributed by atoms with E-state index in [1.807, 2.05) is 62.1 Å². The van der Waals surface area contributed by atoms with E-state index in [-0.39, 0.29) is 24.4 Å². The Morgan fingerprint density at radius 3 is 2.43 bits per heavy atom. The molecule has 5 rings (SSSR count). The van der Waals surface area contributed by atoms with Gasteiger partial charge in [-0.25, -0.2) is 0 Å². The minimum atomic E-state index is -0.495. The molecule has 6 heteroatoms. The molecule has 2 aromatic carbocycles. The zero-order chi connectivity index (χ0) is 21.2. The number of fused-ring (bicyclic) bond motifs is 4. The normalized spacial score (nSPS) is 21.7. The van der Waals surface area contributed by atoms with Gasteiger partial charge < -0.3 is 14.8 Å². The van der Waals surface area contributed by atoms with Crippen LogP contribution in [0.4, 0.5) is 0 Å². The van der Waals surface area contributed by atoms with E-state index in [1.54, 1.807) is 4.90 Å². The molecular weight excluding hydrogens is 442 g/mol. The summed E-state index contributed by atoms with van der Waals surface area (Å²) in [6.07, 6.45) is 0.531. The molecule has 2 aliphatic heterocycles. The van der Waals surface area contributed by atoms with Gasteiger partial charge in [0.15, 0.2) is 0 Å². The summed E-state index contributed by atoms with van der Waals surface area (Å²) in [4.78, 5) is 34.1. The standard InChI is InChI=1S/C24H24BrN3O2/c1-24(2,3)27-13-20(29)28-19(23(27)30)12-17-16-6-4-5-7-18(16)26-21(17)22(28)14-8-10-15(25)11-9-14/h4-11,19,22,26H,12-13H2,1-3H3/t19-,22-/m0/s1. The van der Waals surface area contributed by atoms with Crippen molar-refractivity contribution in [2.75, 3.05) is 6.54 Å². The molecule has 0 bridgehead atoms. The molecule has 3 heterocycles. The second-order valence-electron chi connectivity index (χ2n) is 9.13. The molecule has 5 nitrogen and oxygen atoms in total. The highest BCUT2D eigenvalue weighted by molar-refractivity contribution is 9.10. The van der Waals surface area contributed by atoms with Gasteiger partial charge in [-0.2, -0.15) is 0 Å². The van der Waals surface area contributed by atoms with Gasteiger partial charge in [0.05, 0.1) is 6.04 Å². The Morgan fingerprint density at radius 1 is 1.03 bits per heavy atom. The second-order valence-corrected chi connectivity index (χ2v) is 10.0. The fourth-order valence-corrected chi connectivity index (χ4v) is 5.09. The van der Waals surface area contributed by atoms with Gasteiger partial charge in [-0.15, -0.1) is 0 Å². The first-order valence-electron chi connectivity index (χ1n) is 10.2. The molecule has 0 aliphatic carbocycles. The van der Waals surface area contributed by atoms with Crippen LogP contribution >= 0.6 is 15.9 Å². The Kier molecular flexibility index (Phi) is 4.33. The quantitative estimate of drug-likeness (QED) is 0.578. The van der Waals surface area contributed by atoms with E-state index in [9.17, 15) is 9.59 Å². The van der Waals surface area contributed by atoms with Crippen LogP contribution in [0.3, 0.4) is 0 Å². The van der Waals surface area contributed by atoms with Gasteiger partial charge in [0.1, 0.15) is 12.6 Å². The van der Waals surface area contributed by atoms with Gasteiger partial charge in [-0.3, -0.25) is 9.59 Å². The third-order valence-corrected chi connectivity index (χ3v) is 6.79. The first kappa shape index (κ1) is 19.4. The van der Waals surface area contributed by atoms with Gasteiger partial charge in [0.25, 0.3) is 0 Å². The summed E-state index contributed by atoms with van der Waals surface area (Å²) in [7, 11) is 0. The minimum absolute atomic E-state index is 0.00764. The van der Waals surface area contributed by atoms with Crippen molar-refractivity contribution >= 4 is 38.6 Å². The predicted octanol–water partition coefficient (Wildman–Crippen LogP) is 4.41. The van der Waals surface area contributed by atoms with Crippen molar-refractivity contribution in [2.24, 2.45) is 0 Å².